The molecule has 30 heavy (non-hydrogen) atoms. The fourth-order valence-electron chi connectivity index (χ4n) is 4.90. The highest BCUT2D eigenvalue weighted by atomic mass is 35.5. The molecule has 4 rings (SSSR count). The first-order valence-corrected chi connectivity index (χ1v) is 11.4. The summed E-state index contributed by atoms with van der Waals surface area (Å²) in [7, 11) is 0. The first-order chi connectivity index (χ1) is 14.4. The van der Waals surface area contributed by atoms with E-state index >= 15 is 0 Å². The van der Waals surface area contributed by atoms with E-state index < -0.39 is 0 Å². The van der Waals surface area contributed by atoms with Crippen molar-refractivity contribution in [3.8, 4) is 0 Å². The number of hydrogen-bond donors (Lipinski definition) is 1. The van der Waals surface area contributed by atoms with Gasteiger partial charge in [-0.15, -0.1) is 0 Å². The van der Waals surface area contributed by atoms with Gasteiger partial charge < -0.3 is 15.1 Å². The van der Waals surface area contributed by atoms with Crippen molar-refractivity contribution < 1.29 is 4.79 Å². The van der Waals surface area contributed by atoms with Crippen molar-refractivity contribution in [2.45, 2.75) is 27.2 Å². The van der Waals surface area contributed by atoms with Crippen molar-refractivity contribution in [1.82, 2.24) is 9.80 Å². The van der Waals surface area contributed by atoms with Gasteiger partial charge in [-0.3, -0.25) is 4.79 Å². The molecule has 2 aromatic carbocycles. The Labute approximate surface area is 185 Å². The SMILES string of the molecule is Cc1ccc(C(=O)N2CC3CN(CCCNc4ccc(C)c(Cl)c4)CC3C2)c(C)c1. The second-order valence-electron chi connectivity index (χ2n) is 9.05. The van der Waals surface area contributed by atoms with E-state index in [1.54, 1.807) is 0 Å². The van der Waals surface area contributed by atoms with E-state index in [-0.39, 0.29) is 5.91 Å². The maximum absolute atomic E-state index is 13.0. The Balaban J connectivity index is 1.21. The maximum atomic E-state index is 13.0. The molecule has 0 bridgehead atoms. The number of halogens is 1. The van der Waals surface area contributed by atoms with Crippen LogP contribution in [0, 0.1) is 32.6 Å². The number of hydrogen-bond acceptors (Lipinski definition) is 3. The highest BCUT2D eigenvalue weighted by molar-refractivity contribution is 6.31. The Kier molecular flexibility index (Phi) is 6.35. The lowest BCUT2D eigenvalue weighted by Crippen LogP contribution is -2.34. The monoisotopic (exact) mass is 425 g/mol. The minimum atomic E-state index is 0.203. The second kappa shape index (κ2) is 8.99. The molecule has 2 saturated heterocycles. The lowest BCUT2D eigenvalue weighted by Gasteiger charge is -2.22. The predicted octanol–water partition coefficient (Wildman–Crippen LogP) is 4.77. The van der Waals surface area contributed by atoms with Gasteiger partial charge in [0.2, 0.25) is 0 Å². The summed E-state index contributed by atoms with van der Waals surface area (Å²) >= 11 is 6.20. The summed E-state index contributed by atoms with van der Waals surface area (Å²) in [6.07, 6.45) is 1.11. The number of anilines is 1. The van der Waals surface area contributed by atoms with Gasteiger partial charge in [-0.25, -0.2) is 0 Å². The summed E-state index contributed by atoms with van der Waals surface area (Å²) in [5.41, 5.74) is 5.35. The average Bonchev–Trinajstić information content (AvgIpc) is 3.26. The Hall–Kier alpha value is -2.04. The van der Waals surface area contributed by atoms with Gasteiger partial charge in [0.05, 0.1) is 0 Å². The molecule has 2 fully saturated rings. The van der Waals surface area contributed by atoms with Gasteiger partial charge >= 0.3 is 0 Å². The fraction of sp³-hybridized carbons (Fsp3) is 0.480. The molecule has 0 spiro atoms. The molecule has 1 amide bonds. The van der Waals surface area contributed by atoms with Crippen molar-refractivity contribution in [3.63, 3.8) is 0 Å². The summed E-state index contributed by atoms with van der Waals surface area (Å²) in [6.45, 7) is 12.2. The normalized spacial score (nSPS) is 21.1. The molecule has 2 aliphatic heterocycles. The van der Waals surface area contributed by atoms with Crippen LogP contribution >= 0.6 is 11.6 Å². The number of nitrogens with zero attached hydrogens (tertiary/aromatic N) is 2. The van der Waals surface area contributed by atoms with Crippen molar-refractivity contribution in [3.05, 3.63) is 63.7 Å². The zero-order valence-corrected chi connectivity index (χ0v) is 19.0. The van der Waals surface area contributed by atoms with Gasteiger partial charge in [-0.1, -0.05) is 35.4 Å². The molecular weight excluding hydrogens is 394 g/mol. The largest absolute Gasteiger partial charge is 0.385 e. The Morgan fingerprint density at radius 3 is 2.40 bits per heavy atom. The van der Waals surface area contributed by atoms with Gasteiger partial charge in [-0.2, -0.15) is 0 Å². The molecule has 2 aliphatic rings. The molecular formula is C25H32ClN3O. The first-order valence-electron chi connectivity index (χ1n) is 11.0. The van der Waals surface area contributed by atoms with E-state index in [9.17, 15) is 4.79 Å². The lowest BCUT2D eigenvalue weighted by molar-refractivity contribution is 0.0773. The van der Waals surface area contributed by atoms with Crippen LogP contribution in [0.25, 0.3) is 0 Å². The van der Waals surface area contributed by atoms with Gasteiger partial charge in [0.15, 0.2) is 0 Å². The van der Waals surface area contributed by atoms with Crippen LogP contribution in [0.4, 0.5) is 5.69 Å². The van der Waals surface area contributed by atoms with Crippen LogP contribution in [0.3, 0.4) is 0 Å². The van der Waals surface area contributed by atoms with Crippen molar-refractivity contribution in [2.24, 2.45) is 11.8 Å². The third-order valence-electron chi connectivity index (χ3n) is 6.61. The second-order valence-corrected chi connectivity index (χ2v) is 9.46. The quantitative estimate of drug-likeness (QED) is 0.677. The number of carbonyl (C=O) groups is 1. The molecule has 5 heteroatoms. The smallest absolute Gasteiger partial charge is 0.254 e. The number of amides is 1. The van der Waals surface area contributed by atoms with Gasteiger partial charge in [0.25, 0.3) is 5.91 Å². The van der Waals surface area contributed by atoms with Crippen molar-refractivity contribution >= 4 is 23.2 Å². The first kappa shape index (κ1) is 21.2. The highest BCUT2D eigenvalue weighted by Gasteiger charge is 2.41. The molecule has 0 radical (unpaired) electrons. The third-order valence-corrected chi connectivity index (χ3v) is 7.02. The fourth-order valence-corrected chi connectivity index (χ4v) is 5.08. The van der Waals surface area contributed by atoms with Crippen LogP contribution in [-0.4, -0.2) is 55.0 Å². The summed E-state index contributed by atoms with van der Waals surface area (Å²) in [5.74, 6) is 1.43. The van der Waals surface area contributed by atoms with E-state index in [0.29, 0.717) is 11.8 Å². The zero-order valence-electron chi connectivity index (χ0n) is 18.2. The molecule has 2 unspecified atom stereocenters. The summed E-state index contributed by atoms with van der Waals surface area (Å²) < 4.78 is 0. The molecule has 0 aliphatic carbocycles. The molecule has 1 N–H and O–H groups in total. The third kappa shape index (κ3) is 4.65. The number of aryl methyl sites for hydroxylation is 3. The zero-order chi connectivity index (χ0) is 21.3. The van der Waals surface area contributed by atoms with Crippen LogP contribution in [0.15, 0.2) is 36.4 Å². The Morgan fingerprint density at radius 1 is 1.00 bits per heavy atom. The molecule has 2 atom stereocenters. The molecule has 160 valence electrons. The maximum Gasteiger partial charge on any atom is 0.254 e. The number of carbonyl (C=O) groups excluding carboxylic acids is 1. The van der Waals surface area contributed by atoms with E-state index in [2.05, 4.69) is 40.2 Å². The number of benzene rings is 2. The summed E-state index contributed by atoms with van der Waals surface area (Å²) in [5, 5.41) is 4.28. The highest BCUT2D eigenvalue weighted by Crippen LogP contribution is 2.32. The lowest BCUT2D eigenvalue weighted by atomic mass is 10.0. The number of likely N-dealkylation sites (tertiary alicyclic amines) is 2. The Bertz CT molecular complexity index is 915. The van der Waals surface area contributed by atoms with Crippen LogP contribution in [0.5, 0.6) is 0 Å². The van der Waals surface area contributed by atoms with Crippen molar-refractivity contribution in [2.75, 3.05) is 44.6 Å². The van der Waals surface area contributed by atoms with Crippen LogP contribution in [0.2, 0.25) is 5.02 Å². The molecule has 4 nitrogen and oxygen atoms in total. The molecule has 2 aromatic rings. The minimum Gasteiger partial charge on any atom is -0.385 e. The summed E-state index contributed by atoms with van der Waals surface area (Å²) in [4.78, 5) is 17.6. The topological polar surface area (TPSA) is 35.6 Å². The molecule has 0 saturated carbocycles. The number of nitrogens with one attached hydrogen (secondary N) is 1. The Morgan fingerprint density at radius 2 is 1.73 bits per heavy atom. The number of rotatable bonds is 6. The van der Waals surface area contributed by atoms with Crippen LogP contribution in [-0.2, 0) is 0 Å². The minimum absolute atomic E-state index is 0.203. The average molecular weight is 426 g/mol. The van der Waals surface area contributed by atoms with E-state index in [4.69, 9.17) is 11.6 Å². The van der Waals surface area contributed by atoms with Gasteiger partial charge in [-0.05, 0) is 74.9 Å². The van der Waals surface area contributed by atoms with Gasteiger partial charge in [0, 0.05) is 49.0 Å². The molecule has 2 heterocycles. The van der Waals surface area contributed by atoms with Crippen LogP contribution in [0.1, 0.15) is 33.5 Å². The van der Waals surface area contributed by atoms with E-state index in [1.807, 2.05) is 32.0 Å². The van der Waals surface area contributed by atoms with E-state index in [0.717, 1.165) is 73.1 Å². The van der Waals surface area contributed by atoms with E-state index in [1.165, 1.54) is 5.56 Å². The predicted molar refractivity (Wildman–Crippen MR) is 125 cm³/mol. The number of fused-ring (bicyclic) bond motifs is 1. The van der Waals surface area contributed by atoms with Gasteiger partial charge in [0.1, 0.15) is 0 Å². The standard InChI is InChI=1S/C25H32ClN3O/c1-17-5-8-23(19(3)11-17)25(30)29-15-20-13-28(14-21(20)16-29)10-4-9-27-22-7-6-18(2)24(26)12-22/h5-8,11-12,20-21,27H,4,9-10,13-16H2,1-3H3. The molecule has 0 aromatic heterocycles. The van der Waals surface area contributed by atoms with Crippen LogP contribution < -0.4 is 5.32 Å². The summed E-state index contributed by atoms with van der Waals surface area (Å²) in [6, 6.07) is 12.3. The van der Waals surface area contributed by atoms with Crippen molar-refractivity contribution in [1.29, 1.82) is 0 Å².